The van der Waals surface area contributed by atoms with Gasteiger partial charge in [0.1, 0.15) is 11.5 Å². The highest BCUT2D eigenvalue weighted by molar-refractivity contribution is 5.98. The number of hydrogen-bond donors (Lipinski definition) is 1. The van der Waals surface area contributed by atoms with Gasteiger partial charge in [0, 0.05) is 25.4 Å². The van der Waals surface area contributed by atoms with E-state index in [1.54, 1.807) is 0 Å². The lowest BCUT2D eigenvalue weighted by molar-refractivity contribution is -0.138. The molecule has 1 fully saturated rings. The van der Waals surface area contributed by atoms with Gasteiger partial charge in [0.2, 0.25) is 5.95 Å². The van der Waals surface area contributed by atoms with Crippen molar-refractivity contribution in [3.63, 3.8) is 0 Å². The van der Waals surface area contributed by atoms with E-state index >= 15 is 0 Å². The van der Waals surface area contributed by atoms with Crippen LogP contribution in [-0.4, -0.2) is 66.0 Å². The topological polar surface area (TPSA) is 102 Å². The largest absolute Gasteiger partial charge is 0.419 e. The van der Waals surface area contributed by atoms with Crippen molar-refractivity contribution in [3.8, 4) is 5.69 Å². The van der Waals surface area contributed by atoms with E-state index in [9.17, 15) is 31.1 Å². The van der Waals surface area contributed by atoms with Gasteiger partial charge in [0.25, 0.3) is 11.8 Å². The summed E-state index contributed by atoms with van der Waals surface area (Å²) in [6.45, 7) is 0.427. The van der Waals surface area contributed by atoms with Gasteiger partial charge in [-0.2, -0.15) is 13.2 Å². The van der Waals surface area contributed by atoms with Gasteiger partial charge in [0.05, 0.1) is 23.7 Å². The summed E-state index contributed by atoms with van der Waals surface area (Å²) in [5, 5.41) is 13.7. The number of amides is 1. The molecule has 1 aliphatic rings. The minimum absolute atomic E-state index is 0.0354. The lowest BCUT2D eigenvalue weighted by Crippen LogP contribution is -2.57. The maximum absolute atomic E-state index is 14.5. The average molecular weight is 500 g/mol. The minimum atomic E-state index is -4.62. The maximum Gasteiger partial charge on any atom is 0.419 e. The van der Waals surface area contributed by atoms with Gasteiger partial charge in [-0.15, -0.1) is 15.0 Å². The number of carbonyl (C=O) groups is 1. The number of likely N-dealkylation sites (tertiary alicyclic amines) is 1. The summed E-state index contributed by atoms with van der Waals surface area (Å²) >= 11 is 0. The second-order valence-corrected chi connectivity index (χ2v) is 8.10. The van der Waals surface area contributed by atoms with E-state index in [-0.39, 0.29) is 23.7 Å². The monoisotopic (exact) mass is 500 g/mol. The summed E-state index contributed by atoms with van der Waals surface area (Å²) in [4.78, 5) is 22.5. The van der Waals surface area contributed by atoms with E-state index in [2.05, 4.69) is 30.7 Å². The molecular weight excluding hydrogens is 482 g/mol. The highest BCUT2D eigenvalue weighted by Gasteiger charge is 2.46. The molecule has 0 spiro atoms. The average Bonchev–Trinajstić information content (AvgIpc) is 3.31. The number of nitrogens with zero attached hydrogens (tertiary/aromatic N) is 7. The summed E-state index contributed by atoms with van der Waals surface area (Å²) in [6.07, 6.45) is -2.89. The molecule has 35 heavy (non-hydrogen) atoms. The van der Waals surface area contributed by atoms with Crippen LogP contribution in [0.5, 0.6) is 0 Å². The zero-order valence-electron chi connectivity index (χ0n) is 18.0. The maximum atomic E-state index is 14.5. The molecule has 0 bridgehead atoms. The molecule has 2 aromatic heterocycles. The molecule has 1 N–H and O–H groups in total. The smallest absolute Gasteiger partial charge is 0.352 e. The molecule has 0 radical (unpaired) electrons. The van der Waals surface area contributed by atoms with Crippen LogP contribution in [0.3, 0.4) is 0 Å². The third-order valence-corrected chi connectivity index (χ3v) is 5.54. The van der Waals surface area contributed by atoms with Crippen molar-refractivity contribution in [2.45, 2.75) is 31.5 Å². The Balaban J connectivity index is 1.61. The Hall–Kier alpha value is -3.78. The van der Waals surface area contributed by atoms with Crippen molar-refractivity contribution in [1.29, 1.82) is 0 Å². The Labute approximate surface area is 194 Å². The number of halogens is 6. The van der Waals surface area contributed by atoms with Crippen molar-refractivity contribution in [2.75, 3.05) is 18.4 Å². The van der Waals surface area contributed by atoms with E-state index in [1.165, 1.54) is 13.0 Å². The number of benzene rings is 1. The number of carbonyl (C=O) groups excluding carboxylic acids is 1. The molecule has 0 saturated carbocycles. The molecule has 2 atom stereocenters. The van der Waals surface area contributed by atoms with Gasteiger partial charge < -0.3 is 10.2 Å². The predicted molar refractivity (Wildman–Crippen MR) is 108 cm³/mol. The summed E-state index contributed by atoms with van der Waals surface area (Å²) < 4.78 is 81.2. The van der Waals surface area contributed by atoms with Crippen molar-refractivity contribution < 1.29 is 31.1 Å². The molecule has 3 heterocycles. The molecule has 1 aliphatic heterocycles. The number of alkyl halides is 5. The third kappa shape index (κ3) is 5.33. The standard InChI is InChI=1S/C20H18F6N8O/c1-11-5-19(22,23)9-33(16(11)8-29-18-27-6-12(7-28-18)20(24,25)26)17(35)14-4-13(21)2-3-15(14)34-31-10-30-32-34/h2-4,6-7,10-11,16H,5,8-9H2,1H3,(H,27,28,29)/t11-,16-/m1/s1. The Morgan fingerprint density at radius 1 is 1.23 bits per heavy atom. The Kier molecular flexibility index (Phi) is 6.34. The molecule has 15 heteroatoms. The number of aromatic nitrogens is 6. The normalized spacial score (nSPS) is 20.0. The number of rotatable bonds is 5. The first-order chi connectivity index (χ1) is 16.4. The van der Waals surface area contributed by atoms with Gasteiger partial charge in [-0.3, -0.25) is 4.79 Å². The van der Waals surface area contributed by atoms with E-state index in [0.29, 0.717) is 12.4 Å². The third-order valence-electron chi connectivity index (χ3n) is 5.54. The lowest BCUT2D eigenvalue weighted by Gasteiger charge is -2.43. The minimum Gasteiger partial charge on any atom is -0.352 e. The molecule has 1 saturated heterocycles. The zero-order chi connectivity index (χ0) is 25.4. The molecule has 1 aromatic carbocycles. The molecule has 3 aromatic rings. The SMILES string of the molecule is C[C@@H]1CC(F)(F)CN(C(=O)c2cc(F)ccc2-n2ncnn2)[C@@H]1CNc1ncc(C(F)(F)F)cn1. The van der Waals surface area contributed by atoms with Crippen LogP contribution >= 0.6 is 0 Å². The molecule has 0 unspecified atom stereocenters. The van der Waals surface area contributed by atoms with Crippen LogP contribution in [-0.2, 0) is 6.18 Å². The first-order valence-electron chi connectivity index (χ1n) is 10.3. The Bertz CT molecular complexity index is 1190. The Morgan fingerprint density at radius 2 is 1.94 bits per heavy atom. The number of hydrogen-bond acceptors (Lipinski definition) is 7. The molecule has 186 valence electrons. The number of tetrazole rings is 1. The van der Waals surface area contributed by atoms with Crippen LogP contribution in [0.2, 0.25) is 0 Å². The van der Waals surface area contributed by atoms with Gasteiger partial charge in [-0.1, -0.05) is 6.92 Å². The molecular formula is C20H18F6N8O. The van der Waals surface area contributed by atoms with Crippen LogP contribution in [0.4, 0.5) is 32.3 Å². The van der Waals surface area contributed by atoms with Crippen LogP contribution in [0.15, 0.2) is 36.9 Å². The quantitative estimate of drug-likeness (QED) is 0.537. The molecule has 9 nitrogen and oxygen atoms in total. The van der Waals surface area contributed by atoms with E-state index in [4.69, 9.17) is 0 Å². The fourth-order valence-electron chi connectivity index (χ4n) is 3.93. The highest BCUT2D eigenvalue weighted by Crippen LogP contribution is 2.36. The van der Waals surface area contributed by atoms with Crippen molar-refractivity contribution in [3.05, 3.63) is 53.9 Å². The summed E-state index contributed by atoms with van der Waals surface area (Å²) in [7, 11) is 0. The highest BCUT2D eigenvalue weighted by atomic mass is 19.4. The van der Waals surface area contributed by atoms with Crippen molar-refractivity contribution in [1.82, 2.24) is 35.1 Å². The molecule has 4 rings (SSSR count). The molecule has 1 amide bonds. The van der Waals surface area contributed by atoms with Crippen LogP contribution in [0, 0.1) is 11.7 Å². The van der Waals surface area contributed by atoms with Crippen LogP contribution in [0.1, 0.15) is 29.3 Å². The summed E-state index contributed by atoms with van der Waals surface area (Å²) in [5.74, 6) is -5.79. The Morgan fingerprint density at radius 3 is 2.57 bits per heavy atom. The fraction of sp³-hybridized carbons (Fsp3) is 0.400. The van der Waals surface area contributed by atoms with Crippen LogP contribution < -0.4 is 5.32 Å². The second kappa shape index (κ2) is 9.11. The van der Waals surface area contributed by atoms with Gasteiger partial charge >= 0.3 is 6.18 Å². The zero-order valence-corrected chi connectivity index (χ0v) is 18.0. The van der Waals surface area contributed by atoms with Crippen molar-refractivity contribution >= 4 is 11.9 Å². The van der Waals surface area contributed by atoms with Gasteiger partial charge in [-0.05, 0) is 29.3 Å². The first kappa shape index (κ1) is 24.3. The fourth-order valence-corrected chi connectivity index (χ4v) is 3.93. The first-order valence-corrected chi connectivity index (χ1v) is 10.3. The van der Waals surface area contributed by atoms with E-state index < -0.39 is 54.3 Å². The number of nitrogens with one attached hydrogen (secondary N) is 1. The molecule has 0 aliphatic carbocycles. The second-order valence-electron chi connectivity index (χ2n) is 8.10. The number of piperidine rings is 1. The van der Waals surface area contributed by atoms with E-state index in [0.717, 1.165) is 28.2 Å². The van der Waals surface area contributed by atoms with Crippen LogP contribution in [0.25, 0.3) is 5.69 Å². The number of anilines is 1. The van der Waals surface area contributed by atoms with Gasteiger partial charge in [-0.25, -0.2) is 23.1 Å². The lowest BCUT2D eigenvalue weighted by atomic mass is 9.87. The van der Waals surface area contributed by atoms with Gasteiger partial charge in [0.15, 0.2) is 6.33 Å². The van der Waals surface area contributed by atoms with E-state index in [1.807, 2.05) is 0 Å². The predicted octanol–water partition coefficient (Wildman–Crippen LogP) is 3.21. The summed E-state index contributed by atoms with van der Waals surface area (Å²) in [5.41, 5.74) is -1.28. The van der Waals surface area contributed by atoms with Crippen molar-refractivity contribution in [2.24, 2.45) is 5.92 Å². The summed E-state index contributed by atoms with van der Waals surface area (Å²) in [6, 6.07) is 2.33.